The minimum Gasteiger partial charge on any atom is -0.374 e. The molecule has 0 fully saturated rings. The van der Waals surface area contributed by atoms with Crippen LogP contribution in [0.3, 0.4) is 0 Å². The lowest BCUT2D eigenvalue weighted by molar-refractivity contribution is -0.116. The van der Waals surface area contributed by atoms with Gasteiger partial charge in [0.25, 0.3) is 5.91 Å². The van der Waals surface area contributed by atoms with E-state index < -0.39 is 0 Å². The number of amides is 1. The monoisotopic (exact) mass is 327 g/mol. The molecule has 0 saturated carbocycles. The van der Waals surface area contributed by atoms with E-state index in [-0.39, 0.29) is 12.5 Å². The van der Waals surface area contributed by atoms with E-state index in [1.54, 1.807) is 23.1 Å². The van der Waals surface area contributed by atoms with Gasteiger partial charge in [-0.25, -0.2) is 0 Å². The molecule has 1 N–H and O–H groups in total. The molecule has 0 unspecified atom stereocenters. The number of nitrogens with one attached hydrogen (secondary N) is 1. The van der Waals surface area contributed by atoms with Crippen LogP contribution in [0.1, 0.15) is 5.56 Å². The largest absolute Gasteiger partial charge is 0.374 e. The number of fused-ring (bicyclic) bond motifs is 1. The predicted octanol–water partition coefficient (Wildman–Crippen LogP) is 3.41. The molecular weight excluding hydrogens is 318 g/mol. The molecule has 0 radical (unpaired) electrons. The smallest absolute Gasteiger partial charge is 0.250 e. The van der Waals surface area contributed by atoms with Crippen LogP contribution in [0.5, 0.6) is 0 Å². The normalized spacial score (nSPS) is 13.4. The molecule has 20 heavy (non-hydrogen) atoms. The van der Waals surface area contributed by atoms with E-state index in [0.29, 0.717) is 11.3 Å². The molecule has 0 aliphatic carbocycles. The molecule has 0 atom stereocenters. The van der Waals surface area contributed by atoms with E-state index in [1.807, 2.05) is 24.3 Å². The third-order valence-corrected chi connectivity index (χ3v) is 3.61. The van der Waals surface area contributed by atoms with Gasteiger partial charge in [0, 0.05) is 4.47 Å². The zero-order valence-corrected chi connectivity index (χ0v) is 12.0. The maximum absolute atomic E-state index is 12.2. The van der Waals surface area contributed by atoms with E-state index >= 15 is 0 Å². The van der Waals surface area contributed by atoms with Crippen molar-refractivity contribution >= 4 is 38.9 Å². The number of rotatable bonds is 1. The van der Waals surface area contributed by atoms with Gasteiger partial charge in [-0.05, 0) is 36.4 Å². The SMILES string of the molecule is N#Cc1cccc(N2C(=O)CNc3ccc(Br)cc32)c1. The average molecular weight is 328 g/mol. The van der Waals surface area contributed by atoms with Crippen LogP contribution >= 0.6 is 15.9 Å². The number of nitrogens with zero attached hydrogens (tertiary/aromatic N) is 2. The quantitative estimate of drug-likeness (QED) is 0.873. The van der Waals surface area contributed by atoms with Crippen LogP contribution in [0.25, 0.3) is 0 Å². The molecule has 2 aromatic rings. The average Bonchev–Trinajstić information content (AvgIpc) is 2.47. The lowest BCUT2D eigenvalue weighted by Crippen LogP contribution is -2.36. The lowest BCUT2D eigenvalue weighted by Gasteiger charge is -2.30. The molecule has 3 rings (SSSR count). The summed E-state index contributed by atoms with van der Waals surface area (Å²) >= 11 is 3.42. The molecule has 0 saturated heterocycles. The Balaban J connectivity index is 2.15. The van der Waals surface area contributed by atoms with Crippen LogP contribution in [0, 0.1) is 11.3 Å². The Morgan fingerprint density at radius 1 is 1.25 bits per heavy atom. The number of carbonyl (C=O) groups is 1. The van der Waals surface area contributed by atoms with Crippen LogP contribution < -0.4 is 10.2 Å². The van der Waals surface area contributed by atoms with Gasteiger partial charge < -0.3 is 5.32 Å². The van der Waals surface area contributed by atoms with E-state index in [1.165, 1.54) is 0 Å². The Bertz CT molecular complexity index is 736. The van der Waals surface area contributed by atoms with Crippen molar-refractivity contribution in [2.75, 3.05) is 16.8 Å². The minimum absolute atomic E-state index is 0.0503. The van der Waals surface area contributed by atoms with E-state index in [9.17, 15) is 4.79 Å². The van der Waals surface area contributed by atoms with E-state index in [4.69, 9.17) is 5.26 Å². The van der Waals surface area contributed by atoms with Gasteiger partial charge in [0.15, 0.2) is 0 Å². The topological polar surface area (TPSA) is 56.1 Å². The van der Waals surface area contributed by atoms with Crippen molar-refractivity contribution in [3.8, 4) is 6.07 Å². The number of carbonyl (C=O) groups excluding carboxylic acids is 1. The van der Waals surface area contributed by atoms with Gasteiger partial charge in [-0.15, -0.1) is 0 Å². The summed E-state index contributed by atoms with van der Waals surface area (Å²) in [5.41, 5.74) is 2.92. The number of nitriles is 1. The number of anilines is 3. The molecule has 1 heterocycles. The Kier molecular flexibility index (Phi) is 3.17. The van der Waals surface area contributed by atoms with Gasteiger partial charge in [0.1, 0.15) is 0 Å². The first-order valence-corrected chi connectivity index (χ1v) is 6.85. The Morgan fingerprint density at radius 2 is 2.10 bits per heavy atom. The molecule has 4 nitrogen and oxygen atoms in total. The van der Waals surface area contributed by atoms with Crippen molar-refractivity contribution in [3.63, 3.8) is 0 Å². The second kappa shape index (κ2) is 4.99. The summed E-state index contributed by atoms with van der Waals surface area (Å²) in [6.45, 7) is 0.241. The lowest BCUT2D eigenvalue weighted by atomic mass is 10.1. The first-order valence-electron chi connectivity index (χ1n) is 6.05. The summed E-state index contributed by atoms with van der Waals surface area (Å²) in [4.78, 5) is 13.9. The maximum atomic E-state index is 12.2. The van der Waals surface area contributed by atoms with Crippen LogP contribution in [0.4, 0.5) is 17.1 Å². The standard InChI is InChI=1S/C15H10BrN3O/c16-11-4-5-13-14(7-11)19(15(20)9-18-13)12-3-1-2-10(6-12)8-17/h1-7,18H,9H2. The van der Waals surface area contributed by atoms with E-state index in [2.05, 4.69) is 27.3 Å². The third-order valence-electron chi connectivity index (χ3n) is 3.11. The summed E-state index contributed by atoms with van der Waals surface area (Å²) < 4.78 is 0.897. The summed E-state index contributed by atoms with van der Waals surface area (Å²) in [5, 5.41) is 12.1. The fraction of sp³-hybridized carbons (Fsp3) is 0.0667. The van der Waals surface area contributed by atoms with Gasteiger partial charge >= 0.3 is 0 Å². The van der Waals surface area contributed by atoms with Gasteiger partial charge in [-0.3, -0.25) is 9.69 Å². The number of halogens is 1. The number of hydrogen-bond acceptors (Lipinski definition) is 3. The molecule has 1 aliphatic heterocycles. The van der Waals surface area contributed by atoms with Crippen molar-refractivity contribution < 1.29 is 4.79 Å². The highest BCUT2D eigenvalue weighted by Gasteiger charge is 2.25. The molecule has 2 aromatic carbocycles. The van der Waals surface area contributed by atoms with Gasteiger partial charge in [0.2, 0.25) is 0 Å². The fourth-order valence-corrected chi connectivity index (χ4v) is 2.57. The van der Waals surface area contributed by atoms with Crippen molar-refractivity contribution in [3.05, 3.63) is 52.5 Å². The maximum Gasteiger partial charge on any atom is 0.250 e. The third kappa shape index (κ3) is 2.15. The molecule has 0 bridgehead atoms. The van der Waals surface area contributed by atoms with Crippen LogP contribution in [0.2, 0.25) is 0 Å². The summed E-state index contributed by atoms with van der Waals surface area (Å²) in [7, 11) is 0. The summed E-state index contributed by atoms with van der Waals surface area (Å²) in [6.07, 6.45) is 0. The molecule has 5 heteroatoms. The van der Waals surface area contributed by atoms with Crippen molar-refractivity contribution in [2.45, 2.75) is 0 Å². The van der Waals surface area contributed by atoms with Crippen LogP contribution in [-0.4, -0.2) is 12.5 Å². The van der Waals surface area contributed by atoms with Crippen LogP contribution in [-0.2, 0) is 4.79 Å². The highest BCUT2D eigenvalue weighted by atomic mass is 79.9. The van der Waals surface area contributed by atoms with Crippen LogP contribution in [0.15, 0.2) is 46.9 Å². The Hall–Kier alpha value is -2.32. The molecule has 0 aromatic heterocycles. The first kappa shape index (κ1) is 12.7. The Morgan fingerprint density at radius 3 is 2.90 bits per heavy atom. The second-order valence-electron chi connectivity index (χ2n) is 4.41. The van der Waals surface area contributed by atoms with Gasteiger partial charge in [-0.2, -0.15) is 5.26 Å². The highest BCUT2D eigenvalue weighted by Crippen LogP contribution is 2.37. The van der Waals surface area contributed by atoms with Gasteiger partial charge in [-0.1, -0.05) is 22.0 Å². The molecule has 1 aliphatic rings. The number of hydrogen-bond donors (Lipinski definition) is 1. The molecule has 98 valence electrons. The number of benzene rings is 2. The fourth-order valence-electron chi connectivity index (χ4n) is 2.22. The van der Waals surface area contributed by atoms with Gasteiger partial charge in [0.05, 0.1) is 35.2 Å². The highest BCUT2D eigenvalue weighted by molar-refractivity contribution is 9.10. The zero-order valence-electron chi connectivity index (χ0n) is 10.4. The van der Waals surface area contributed by atoms with Crippen molar-refractivity contribution in [1.82, 2.24) is 0 Å². The molecule has 1 amide bonds. The van der Waals surface area contributed by atoms with Crippen molar-refractivity contribution in [1.29, 1.82) is 5.26 Å². The minimum atomic E-state index is -0.0503. The predicted molar refractivity (Wildman–Crippen MR) is 80.9 cm³/mol. The summed E-state index contributed by atoms with van der Waals surface area (Å²) in [5.74, 6) is -0.0503. The second-order valence-corrected chi connectivity index (χ2v) is 5.32. The molecule has 0 spiro atoms. The van der Waals surface area contributed by atoms with Crippen molar-refractivity contribution in [2.24, 2.45) is 0 Å². The Labute approximate surface area is 124 Å². The van der Waals surface area contributed by atoms with E-state index in [0.717, 1.165) is 15.8 Å². The summed E-state index contributed by atoms with van der Waals surface area (Å²) in [6, 6.07) is 14.9. The molecular formula is C15H10BrN3O. The zero-order chi connectivity index (χ0) is 14.1. The first-order chi connectivity index (χ1) is 9.69.